The van der Waals surface area contributed by atoms with Crippen molar-refractivity contribution in [2.24, 2.45) is 5.73 Å². The Morgan fingerprint density at radius 3 is 2.79 bits per heavy atom. The first-order chi connectivity index (χ1) is 9.16. The van der Waals surface area contributed by atoms with E-state index in [4.69, 9.17) is 25.4 Å². The molecule has 0 saturated carbocycles. The lowest BCUT2D eigenvalue weighted by atomic mass is 10.1. The van der Waals surface area contributed by atoms with Crippen LogP contribution in [-0.4, -0.2) is 44.4 Å². The summed E-state index contributed by atoms with van der Waals surface area (Å²) in [5, 5.41) is 7.53. The molecular formula is C13H21N3O3. The predicted molar refractivity (Wildman–Crippen MR) is 72.8 cm³/mol. The van der Waals surface area contributed by atoms with Crippen molar-refractivity contribution in [1.29, 1.82) is 5.41 Å². The lowest BCUT2D eigenvalue weighted by Gasteiger charge is -2.11. The highest BCUT2D eigenvalue weighted by molar-refractivity contribution is 5.98. The van der Waals surface area contributed by atoms with Gasteiger partial charge in [-0.05, 0) is 18.6 Å². The maximum atomic E-state index is 7.53. The zero-order valence-corrected chi connectivity index (χ0v) is 11.4. The van der Waals surface area contributed by atoms with Crippen molar-refractivity contribution in [3.63, 3.8) is 0 Å². The molecule has 0 unspecified atom stereocenters. The molecule has 6 heteroatoms. The minimum atomic E-state index is -0.0306. The largest absolute Gasteiger partial charge is 0.477 e. The average molecular weight is 267 g/mol. The van der Waals surface area contributed by atoms with E-state index in [0.29, 0.717) is 37.9 Å². The van der Waals surface area contributed by atoms with Crippen LogP contribution in [0.15, 0.2) is 12.3 Å². The maximum absolute atomic E-state index is 7.53. The normalized spacial score (nSPS) is 10.4. The van der Waals surface area contributed by atoms with Crippen molar-refractivity contribution in [2.45, 2.75) is 13.3 Å². The number of nitrogens with one attached hydrogen (secondary N) is 1. The Hall–Kier alpha value is -1.66. The Balaban J connectivity index is 2.37. The van der Waals surface area contributed by atoms with E-state index in [1.807, 2.05) is 6.92 Å². The van der Waals surface area contributed by atoms with E-state index in [9.17, 15) is 0 Å². The summed E-state index contributed by atoms with van der Waals surface area (Å²) >= 11 is 0. The molecule has 6 nitrogen and oxygen atoms in total. The van der Waals surface area contributed by atoms with Gasteiger partial charge in [0.25, 0.3) is 0 Å². The van der Waals surface area contributed by atoms with Gasteiger partial charge >= 0.3 is 0 Å². The number of pyridine rings is 1. The van der Waals surface area contributed by atoms with Crippen molar-refractivity contribution in [2.75, 3.05) is 33.5 Å². The van der Waals surface area contributed by atoms with Gasteiger partial charge in [0.05, 0.1) is 25.4 Å². The van der Waals surface area contributed by atoms with Crippen molar-refractivity contribution < 1.29 is 14.2 Å². The number of nitrogen functional groups attached to an aromatic ring is 1. The molecule has 0 amide bonds. The van der Waals surface area contributed by atoms with Gasteiger partial charge in [-0.3, -0.25) is 5.41 Å². The SMILES string of the molecule is COCCOCCCOc1nccc(C)c1C(=N)N. The zero-order chi connectivity index (χ0) is 14.1. The lowest BCUT2D eigenvalue weighted by molar-refractivity contribution is 0.0642. The third-order valence-electron chi connectivity index (χ3n) is 2.50. The fourth-order valence-electron chi connectivity index (χ4n) is 1.54. The monoisotopic (exact) mass is 267 g/mol. The highest BCUT2D eigenvalue weighted by Gasteiger charge is 2.10. The van der Waals surface area contributed by atoms with E-state index in [1.165, 1.54) is 0 Å². The van der Waals surface area contributed by atoms with Crippen molar-refractivity contribution in [3.05, 3.63) is 23.4 Å². The Morgan fingerprint density at radius 1 is 1.32 bits per heavy atom. The number of amidine groups is 1. The number of hydrogen-bond acceptors (Lipinski definition) is 5. The van der Waals surface area contributed by atoms with E-state index in [2.05, 4.69) is 4.98 Å². The summed E-state index contributed by atoms with van der Waals surface area (Å²) < 4.78 is 15.7. The third-order valence-corrected chi connectivity index (χ3v) is 2.50. The highest BCUT2D eigenvalue weighted by Crippen LogP contribution is 2.18. The van der Waals surface area contributed by atoms with Gasteiger partial charge in [-0.25, -0.2) is 4.98 Å². The summed E-state index contributed by atoms with van der Waals surface area (Å²) in [4.78, 5) is 4.10. The van der Waals surface area contributed by atoms with Crippen molar-refractivity contribution >= 4 is 5.84 Å². The molecule has 106 valence electrons. The molecule has 0 fully saturated rings. The van der Waals surface area contributed by atoms with Gasteiger partial charge in [0, 0.05) is 26.3 Å². The Bertz CT molecular complexity index is 410. The molecule has 19 heavy (non-hydrogen) atoms. The zero-order valence-electron chi connectivity index (χ0n) is 11.4. The van der Waals surface area contributed by atoms with Crippen LogP contribution in [0.5, 0.6) is 5.88 Å². The molecule has 3 N–H and O–H groups in total. The maximum Gasteiger partial charge on any atom is 0.224 e. The van der Waals surface area contributed by atoms with Crippen LogP contribution >= 0.6 is 0 Å². The number of aryl methyl sites for hydroxylation is 1. The molecule has 0 radical (unpaired) electrons. The lowest BCUT2D eigenvalue weighted by Crippen LogP contribution is -2.16. The fourth-order valence-corrected chi connectivity index (χ4v) is 1.54. The minimum absolute atomic E-state index is 0.0306. The van der Waals surface area contributed by atoms with Gasteiger partial charge in [-0.1, -0.05) is 0 Å². The van der Waals surface area contributed by atoms with Crippen LogP contribution in [0.3, 0.4) is 0 Å². The van der Waals surface area contributed by atoms with Gasteiger partial charge < -0.3 is 19.9 Å². The van der Waals surface area contributed by atoms with Crippen molar-refractivity contribution in [1.82, 2.24) is 4.98 Å². The smallest absolute Gasteiger partial charge is 0.224 e. The van der Waals surface area contributed by atoms with E-state index >= 15 is 0 Å². The molecule has 0 spiro atoms. The van der Waals surface area contributed by atoms with Crippen LogP contribution in [0.25, 0.3) is 0 Å². The minimum Gasteiger partial charge on any atom is -0.477 e. The van der Waals surface area contributed by atoms with Crippen LogP contribution in [0.2, 0.25) is 0 Å². The molecule has 0 aromatic carbocycles. The van der Waals surface area contributed by atoms with Gasteiger partial charge in [-0.15, -0.1) is 0 Å². The molecule has 1 aromatic rings. The Kier molecular flexibility index (Phi) is 6.84. The first kappa shape index (κ1) is 15.4. The summed E-state index contributed by atoms with van der Waals surface area (Å²) in [7, 11) is 1.64. The molecule has 0 aliphatic carbocycles. The summed E-state index contributed by atoms with van der Waals surface area (Å²) in [5.74, 6) is 0.376. The van der Waals surface area contributed by atoms with Crippen LogP contribution in [0.4, 0.5) is 0 Å². The first-order valence-electron chi connectivity index (χ1n) is 6.16. The Labute approximate surface area is 113 Å². The molecule has 0 atom stereocenters. The van der Waals surface area contributed by atoms with Gasteiger partial charge in [0.2, 0.25) is 5.88 Å². The standard InChI is InChI=1S/C13H21N3O3/c1-10-4-5-16-13(11(10)12(14)15)19-7-3-6-18-9-8-17-2/h4-5H,3,6-9H2,1-2H3,(H3,14,15). The summed E-state index contributed by atoms with van der Waals surface area (Å²) in [6.07, 6.45) is 2.39. The average Bonchev–Trinajstić information content (AvgIpc) is 2.37. The second-order valence-electron chi connectivity index (χ2n) is 4.03. The van der Waals surface area contributed by atoms with Crippen LogP contribution in [-0.2, 0) is 9.47 Å². The number of hydrogen-bond donors (Lipinski definition) is 2. The van der Waals surface area contributed by atoms with E-state index in [1.54, 1.807) is 19.4 Å². The number of ether oxygens (including phenoxy) is 3. The van der Waals surface area contributed by atoms with Gasteiger partial charge in [0.15, 0.2) is 0 Å². The number of nitrogens with zero attached hydrogens (tertiary/aromatic N) is 1. The second kappa shape index (κ2) is 8.44. The number of rotatable bonds is 9. The van der Waals surface area contributed by atoms with Crippen LogP contribution in [0.1, 0.15) is 17.5 Å². The molecule has 0 bridgehead atoms. The van der Waals surface area contributed by atoms with Crippen molar-refractivity contribution in [3.8, 4) is 5.88 Å². The van der Waals surface area contributed by atoms with Crippen LogP contribution < -0.4 is 10.5 Å². The topological polar surface area (TPSA) is 90.5 Å². The van der Waals surface area contributed by atoms with Gasteiger partial charge in [-0.2, -0.15) is 0 Å². The van der Waals surface area contributed by atoms with E-state index in [0.717, 1.165) is 12.0 Å². The number of methoxy groups -OCH3 is 1. The molecule has 1 heterocycles. The fraction of sp³-hybridized carbons (Fsp3) is 0.538. The summed E-state index contributed by atoms with van der Waals surface area (Å²) in [6, 6.07) is 1.80. The molecule has 0 aliphatic rings. The quantitative estimate of drug-likeness (QED) is 0.397. The molecule has 0 saturated heterocycles. The van der Waals surface area contributed by atoms with Crippen LogP contribution in [0, 0.1) is 12.3 Å². The number of nitrogens with two attached hydrogens (primary N) is 1. The molecular weight excluding hydrogens is 246 g/mol. The van der Waals surface area contributed by atoms with E-state index in [-0.39, 0.29) is 5.84 Å². The molecule has 0 aliphatic heterocycles. The highest BCUT2D eigenvalue weighted by atomic mass is 16.5. The summed E-state index contributed by atoms with van der Waals surface area (Å²) in [6.45, 7) is 4.13. The third kappa shape index (κ3) is 5.23. The second-order valence-corrected chi connectivity index (χ2v) is 4.03. The Morgan fingerprint density at radius 2 is 2.11 bits per heavy atom. The number of aromatic nitrogens is 1. The molecule has 1 aromatic heterocycles. The molecule has 1 rings (SSSR count). The predicted octanol–water partition coefficient (Wildman–Crippen LogP) is 1.11. The first-order valence-corrected chi connectivity index (χ1v) is 6.16. The van der Waals surface area contributed by atoms with E-state index < -0.39 is 0 Å². The summed E-state index contributed by atoms with van der Waals surface area (Å²) in [5.41, 5.74) is 6.97. The van der Waals surface area contributed by atoms with Gasteiger partial charge in [0.1, 0.15) is 5.84 Å².